The first-order chi connectivity index (χ1) is 18.4. The second kappa shape index (κ2) is 12.2. The van der Waals surface area contributed by atoms with Crippen LogP contribution < -0.4 is 19.6 Å². The van der Waals surface area contributed by atoms with Crippen molar-refractivity contribution in [3.05, 3.63) is 81.8 Å². The van der Waals surface area contributed by atoms with Crippen molar-refractivity contribution in [1.82, 2.24) is 0 Å². The third-order valence-electron chi connectivity index (χ3n) is 4.99. The maximum Gasteiger partial charge on any atom is 0.339 e. The van der Waals surface area contributed by atoms with Crippen molar-refractivity contribution in [2.75, 3.05) is 17.7 Å². The number of rotatable bonds is 9. The number of carboxylic acid groups (broad SMARTS) is 1. The zero-order valence-electron chi connectivity index (χ0n) is 20.4. The van der Waals surface area contributed by atoms with Gasteiger partial charge in [0.05, 0.1) is 22.8 Å². The summed E-state index contributed by atoms with van der Waals surface area (Å²) < 4.78 is 36.5. The first-order valence-electron chi connectivity index (χ1n) is 10.9. The number of hydrogen-bond acceptors (Lipinski definition) is 8. The molecule has 0 aromatic heterocycles. The van der Waals surface area contributed by atoms with Crippen LogP contribution in [0.25, 0.3) is 6.08 Å². The Labute approximate surface area is 231 Å². The van der Waals surface area contributed by atoms with Crippen molar-refractivity contribution in [2.45, 2.75) is 11.8 Å². The zero-order valence-corrected chi connectivity index (χ0v) is 22.8. The number of nitrogens with one attached hydrogen (secondary N) is 2. The average molecular weight is 614 g/mol. The summed E-state index contributed by atoms with van der Waals surface area (Å²) in [6.07, 6.45) is 1.21. The molecule has 11 nitrogen and oxygen atoms in total. The van der Waals surface area contributed by atoms with Gasteiger partial charge in [-0.05, 0) is 76.1 Å². The molecule has 0 aliphatic rings. The number of carbonyl (C=O) groups excluding carboxylic acids is 2. The van der Waals surface area contributed by atoms with Gasteiger partial charge >= 0.3 is 16.1 Å². The van der Waals surface area contributed by atoms with Crippen LogP contribution in [0.4, 0.5) is 11.4 Å². The molecule has 3 rings (SSSR count). The molecule has 0 saturated carbocycles. The summed E-state index contributed by atoms with van der Waals surface area (Å²) in [5.41, 5.74) is 0.181. The summed E-state index contributed by atoms with van der Waals surface area (Å²) in [5, 5.41) is 23.8. The van der Waals surface area contributed by atoms with Gasteiger partial charge in [-0.15, -0.1) is 0 Å². The zero-order chi connectivity index (χ0) is 28.7. The molecule has 2 amide bonds. The number of amides is 2. The van der Waals surface area contributed by atoms with Gasteiger partial charge in [-0.3, -0.25) is 9.59 Å². The number of anilines is 2. The predicted molar refractivity (Wildman–Crippen MR) is 145 cm³/mol. The number of carboxylic acids is 1. The van der Waals surface area contributed by atoms with E-state index in [1.165, 1.54) is 80.8 Å². The maximum atomic E-state index is 12.9. The Morgan fingerprint density at radius 3 is 2.31 bits per heavy atom. The molecular weight excluding hydrogens is 594 g/mol. The second-order valence-electron chi connectivity index (χ2n) is 7.75. The molecule has 0 aliphatic heterocycles. The van der Waals surface area contributed by atoms with Crippen molar-refractivity contribution in [3.8, 4) is 17.6 Å². The molecule has 39 heavy (non-hydrogen) atoms. The molecule has 0 aliphatic carbocycles. The first-order valence-corrected chi connectivity index (χ1v) is 13.1. The normalized spacial score (nSPS) is 11.2. The molecule has 0 fully saturated rings. The van der Waals surface area contributed by atoms with Crippen molar-refractivity contribution in [1.29, 1.82) is 5.26 Å². The minimum absolute atomic E-state index is 0.00831. The van der Waals surface area contributed by atoms with Gasteiger partial charge in [0.15, 0.2) is 11.5 Å². The molecule has 0 atom stereocenters. The van der Waals surface area contributed by atoms with E-state index in [0.29, 0.717) is 5.69 Å². The second-order valence-corrected chi connectivity index (χ2v) is 10.2. The summed E-state index contributed by atoms with van der Waals surface area (Å²) in [6, 6.07) is 15.6. The van der Waals surface area contributed by atoms with Crippen molar-refractivity contribution < 1.29 is 36.8 Å². The number of ether oxygens (including phenoxy) is 1. The average Bonchev–Trinajstić information content (AvgIpc) is 2.88. The van der Waals surface area contributed by atoms with Gasteiger partial charge in [-0.25, -0.2) is 4.79 Å². The number of hydrogen-bond donors (Lipinski definition) is 3. The first kappa shape index (κ1) is 28.9. The molecule has 0 spiro atoms. The number of para-hydroxylation sites is 1. The number of nitrogens with zero attached hydrogens (tertiary/aromatic N) is 1. The molecule has 0 unspecified atom stereocenters. The summed E-state index contributed by atoms with van der Waals surface area (Å²) in [7, 11) is -3.04. The van der Waals surface area contributed by atoms with Gasteiger partial charge in [-0.2, -0.15) is 13.7 Å². The summed E-state index contributed by atoms with van der Waals surface area (Å²) in [5.74, 6) is -2.63. The highest BCUT2D eigenvalue weighted by molar-refractivity contribution is 9.10. The third-order valence-corrected chi connectivity index (χ3v) is 6.81. The number of methoxy groups -OCH3 is 1. The highest BCUT2D eigenvalue weighted by Crippen LogP contribution is 2.39. The molecule has 13 heteroatoms. The van der Waals surface area contributed by atoms with Gasteiger partial charge in [-0.1, -0.05) is 12.1 Å². The van der Waals surface area contributed by atoms with Crippen LogP contribution in [0.5, 0.6) is 11.5 Å². The van der Waals surface area contributed by atoms with E-state index in [0.717, 1.165) is 0 Å². The Hall–Kier alpha value is -4.67. The number of halogens is 1. The van der Waals surface area contributed by atoms with Crippen LogP contribution in [-0.2, 0) is 19.7 Å². The summed E-state index contributed by atoms with van der Waals surface area (Å²) in [6.45, 7) is 1.32. The van der Waals surface area contributed by atoms with Crippen LogP contribution in [0.15, 0.2) is 75.6 Å². The molecule has 0 heterocycles. The molecule has 3 N–H and O–H groups in total. The minimum atomic E-state index is -4.32. The standard InChI is InChI=1S/C26H20BrN3O8S/c1-15(31)29-18-7-9-19(10-8-18)39(35,36)38-24-21(27)12-16(13-23(24)37-2)11-17(14-28)25(32)30-22-6-4-3-5-20(22)26(33)34/h3-13H,1-2H3,(H,29,31)(H,30,32)(H,33,34)/b17-11+. The topological polar surface area (TPSA) is 172 Å². The van der Waals surface area contributed by atoms with Gasteiger partial charge < -0.3 is 24.7 Å². The Morgan fingerprint density at radius 2 is 1.72 bits per heavy atom. The van der Waals surface area contributed by atoms with Gasteiger partial charge in [0, 0.05) is 12.6 Å². The molecule has 3 aromatic carbocycles. The SMILES string of the molecule is COc1cc(/C=C(\C#N)C(=O)Nc2ccccc2C(=O)O)cc(Br)c1OS(=O)(=O)c1ccc(NC(C)=O)cc1. The van der Waals surface area contributed by atoms with E-state index in [4.69, 9.17) is 8.92 Å². The number of aromatic carboxylic acids is 1. The Morgan fingerprint density at radius 1 is 1.05 bits per heavy atom. The summed E-state index contributed by atoms with van der Waals surface area (Å²) >= 11 is 3.24. The Kier molecular flexibility index (Phi) is 9.08. The monoisotopic (exact) mass is 613 g/mol. The molecule has 0 saturated heterocycles. The lowest BCUT2D eigenvalue weighted by Crippen LogP contribution is -2.16. The van der Waals surface area contributed by atoms with Crippen LogP contribution in [0.2, 0.25) is 0 Å². The van der Waals surface area contributed by atoms with E-state index in [-0.39, 0.29) is 49.2 Å². The smallest absolute Gasteiger partial charge is 0.339 e. The molecule has 0 radical (unpaired) electrons. The molecule has 0 bridgehead atoms. The van der Waals surface area contributed by atoms with Gasteiger partial charge in [0.25, 0.3) is 5.91 Å². The maximum absolute atomic E-state index is 12.9. The highest BCUT2D eigenvalue weighted by Gasteiger charge is 2.23. The third kappa shape index (κ3) is 7.22. The van der Waals surface area contributed by atoms with Crippen molar-refractivity contribution >= 4 is 61.3 Å². The lowest BCUT2D eigenvalue weighted by molar-refractivity contribution is -0.114. The lowest BCUT2D eigenvalue weighted by Gasteiger charge is -2.14. The fraction of sp³-hybridized carbons (Fsp3) is 0.0769. The predicted octanol–water partition coefficient (Wildman–Crippen LogP) is 4.43. The van der Waals surface area contributed by atoms with Crippen molar-refractivity contribution in [2.24, 2.45) is 0 Å². The van der Waals surface area contributed by atoms with Gasteiger partial charge in [0.1, 0.15) is 16.5 Å². The fourth-order valence-corrected chi connectivity index (χ4v) is 4.86. The molecule has 3 aromatic rings. The van der Waals surface area contributed by atoms with Crippen LogP contribution in [0.1, 0.15) is 22.8 Å². The Balaban J connectivity index is 1.89. The Bertz CT molecular complexity index is 1630. The number of benzene rings is 3. The minimum Gasteiger partial charge on any atom is -0.493 e. The van der Waals surface area contributed by atoms with E-state index < -0.39 is 22.0 Å². The van der Waals surface area contributed by atoms with E-state index in [1.54, 1.807) is 6.07 Å². The summed E-state index contributed by atoms with van der Waals surface area (Å²) in [4.78, 5) is 35.1. The van der Waals surface area contributed by atoms with E-state index >= 15 is 0 Å². The van der Waals surface area contributed by atoms with Crippen LogP contribution >= 0.6 is 15.9 Å². The van der Waals surface area contributed by atoms with E-state index in [1.807, 2.05) is 0 Å². The molecule has 200 valence electrons. The number of nitriles is 1. The van der Waals surface area contributed by atoms with Crippen molar-refractivity contribution in [3.63, 3.8) is 0 Å². The van der Waals surface area contributed by atoms with E-state index in [9.17, 15) is 33.2 Å². The lowest BCUT2D eigenvalue weighted by atomic mass is 10.1. The highest BCUT2D eigenvalue weighted by atomic mass is 79.9. The van der Waals surface area contributed by atoms with Crippen LogP contribution in [0.3, 0.4) is 0 Å². The quantitative estimate of drug-likeness (QED) is 0.179. The largest absolute Gasteiger partial charge is 0.493 e. The van der Waals surface area contributed by atoms with E-state index in [2.05, 4.69) is 26.6 Å². The van der Waals surface area contributed by atoms with Crippen LogP contribution in [-0.4, -0.2) is 38.4 Å². The van der Waals surface area contributed by atoms with Crippen LogP contribution in [0, 0.1) is 11.3 Å². The fourth-order valence-electron chi connectivity index (χ4n) is 3.25. The molecular formula is C26H20BrN3O8S. The van der Waals surface area contributed by atoms with Gasteiger partial charge in [0.2, 0.25) is 5.91 Å². The number of carbonyl (C=O) groups is 3.